The van der Waals surface area contributed by atoms with Crippen LogP contribution in [0.3, 0.4) is 0 Å². The van der Waals surface area contributed by atoms with Gasteiger partial charge in [-0.25, -0.2) is 4.39 Å². The van der Waals surface area contributed by atoms with Crippen LogP contribution in [0.4, 0.5) is 10.1 Å². The van der Waals surface area contributed by atoms with Crippen molar-refractivity contribution in [2.24, 2.45) is 0 Å². The summed E-state index contributed by atoms with van der Waals surface area (Å²) in [5.41, 5.74) is 2.99. The highest BCUT2D eigenvalue weighted by atomic mass is 19.1. The second-order valence-corrected chi connectivity index (χ2v) is 5.68. The molecule has 0 unspecified atom stereocenters. The number of carbonyl (C=O) groups excluding carboxylic acids is 2. The van der Waals surface area contributed by atoms with E-state index in [9.17, 15) is 14.0 Å². The molecule has 0 fully saturated rings. The molecule has 0 atom stereocenters. The molecule has 0 radical (unpaired) electrons. The average Bonchev–Trinajstić information content (AvgIpc) is 2.84. The Morgan fingerprint density at radius 3 is 2.67 bits per heavy atom. The van der Waals surface area contributed by atoms with Gasteiger partial charge in [-0.15, -0.1) is 0 Å². The third kappa shape index (κ3) is 2.69. The summed E-state index contributed by atoms with van der Waals surface area (Å²) in [7, 11) is 0. The molecule has 0 bridgehead atoms. The Kier molecular flexibility index (Phi) is 4.16. The molecular formula is C19H17FN2O2. The number of benzene rings is 2. The first kappa shape index (κ1) is 15.9. The maximum absolute atomic E-state index is 13.6. The van der Waals surface area contributed by atoms with Crippen LogP contribution < -0.4 is 5.32 Å². The maximum atomic E-state index is 13.6. The van der Waals surface area contributed by atoms with Crippen LogP contribution in [-0.2, 0) is 11.3 Å². The lowest BCUT2D eigenvalue weighted by atomic mass is 10.1. The lowest BCUT2D eigenvalue weighted by molar-refractivity contribution is -0.116. The van der Waals surface area contributed by atoms with Gasteiger partial charge in [0.25, 0.3) is 0 Å². The van der Waals surface area contributed by atoms with E-state index in [1.54, 1.807) is 23.6 Å². The first-order valence-electron chi connectivity index (χ1n) is 7.61. The molecule has 5 heteroatoms. The van der Waals surface area contributed by atoms with Gasteiger partial charge in [0.05, 0.1) is 0 Å². The molecule has 0 aliphatic carbocycles. The van der Waals surface area contributed by atoms with Crippen LogP contribution in [0.15, 0.2) is 42.5 Å². The van der Waals surface area contributed by atoms with Crippen LogP contribution in [0.25, 0.3) is 10.9 Å². The zero-order chi connectivity index (χ0) is 17.3. The molecule has 0 saturated heterocycles. The SMILES string of the molecule is Cc1c(F)cccc1NC(=O)Cn1c(C)c(C=O)c2ccccc21. The highest BCUT2D eigenvalue weighted by molar-refractivity contribution is 6.00. The minimum absolute atomic E-state index is 0.0517. The number of fused-ring (bicyclic) bond motifs is 1. The number of hydrogen-bond acceptors (Lipinski definition) is 2. The van der Waals surface area contributed by atoms with Crippen molar-refractivity contribution in [3.8, 4) is 0 Å². The molecule has 1 heterocycles. The molecule has 3 aromatic rings. The number of nitrogens with one attached hydrogen (secondary N) is 1. The molecule has 0 aliphatic rings. The van der Waals surface area contributed by atoms with Gasteiger partial charge in [-0.3, -0.25) is 9.59 Å². The van der Waals surface area contributed by atoms with E-state index in [2.05, 4.69) is 5.32 Å². The van der Waals surface area contributed by atoms with E-state index in [0.29, 0.717) is 16.8 Å². The van der Waals surface area contributed by atoms with Crippen molar-refractivity contribution in [2.45, 2.75) is 20.4 Å². The van der Waals surface area contributed by atoms with Crippen LogP contribution >= 0.6 is 0 Å². The lowest BCUT2D eigenvalue weighted by Gasteiger charge is -2.11. The van der Waals surface area contributed by atoms with Gasteiger partial charge in [-0.1, -0.05) is 24.3 Å². The molecule has 3 rings (SSSR count). The number of carbonyl (C=O) groups is 2. The van der Waals surface area contributed by atoms with E-state index in [1.165, 1.54) is 6.07 Å². The molecule has 24 heavy (non-hydrogen) atoms. The summed E-state index contributed by atoms with van der Waals surface area (Å²) in [5.74, 6) is -0.636. The monoisotopic (exact) mass is 324 g/mol. The molecule has 4 nitrogen and oxygen atoms in total. The standard InChI is InChI=1S/C19H17FN2O2/c1-12-16(20)7-5-8-17(12)21-19(24)10-22-13(2)15(11-23)14-6-3-4-9-18(14)22/h3-9,11H,10H2,1-2H3,(H,21,24). The zero-order valence-electron chi connectivity index (χ0n) is 13.5. The van der Waals surface area contributed by atoms with E-state index >= 15 is 0 Å². The number of halogens is 1. The van der Waals surface area contributed by atoms with Gasteiger partial charge in [0.15, 0.2) is 6.29 Å². The van der Waals surface area contributed by atoms with Gasteiger partial charge >= 0.3 is 0 Å². The minimum atomic E-state index is -0.362. The summed E-state index contributed by atoms with van der Waals surface area (Å²) < 4.78 is 15.4. The summed E-state index contributed by atoms with van der Waals surface area (Å²) in [6.07, 6.45) is 0.808. The molecule has 1 amide bonds. The fourth-order valence-corrected chi connectivity index (χ4v) is 2.89. The molecule has 2 aromatic carbocycles. The molecule has 0 saturated carbocycles. The van der Waals surface area contributed by atoms with Crippen LogP contribution in [0.1, 0.15) is 21.6 Å². The number of anilines is 1. The van der Waals surface area contributed by atoms with Crippen LogP contribution in [0.5, 0.6) is 0 Å². The van der Waals surface area contributed by atoms with Gasteiger partial charge in [-0.2, -0.15) is 0 Å². The second kappa shape index (κ2) is 6.28. The summed E-state index contributed by atoms with van der Waals surface area (Å²) >= 11 is 0. The Bertz CT molecular complexity index is 944. The van der Waals surface area contributed by atoms with E-state index in [1.807, 2.05) is 31.2 Å². The van der Waals surface area contributed by atoms with Gasteiger partial charge < -0.3 is 9.88 Å². The Labute approximate surface area is 138 Å². The predicted molar refractivity (Wildman–Crippen MR) is 91.8 cm³/mol. The van der Waals surface area contributed by atoms with Gasteiger partial charge in [0.2, 0.25) is 5.91 Å². The molecule has 1 N–H and O–H groups in total. The lowest BCUT2D eigenvalue weighted by Crippen LogP contribution is -2.20. The number of amides is 1. The first-order chi connectivity index (χ1) is 11.5. The number of nitrogens with zero attached hydrogens (tertiary/aromatic N) is 1. The molecular weight excluding hydrogens is 307 g/mol. The fourth-order valence-electron chi connectivity index (χ4n) is 2.89. The van der Waals surface area contributed by atoms with Crippen molar-refractivity contribution in [1.82, 2.24) is 4.57 Å². The van der Waals surface area contributed by atoms with E-state index in [0.717, 1.165) is 22.9 Å². The smallest absolute Gasteiger partial charge is 0.244 e. The van der Waals surface area contributed by atoms with Crippen LogP contribution in [-0.4, -0.2) is 16.8 Å². The van der Waals surface area contributed by atoms with Gasteiger partial charge in [-0.05, 0) is 32.0 Å². The van der Waals surface area contributed by atoms with Crippen LogP contribution in [0, 0.1) is 19.7 Å². The van der Waals surface area contributed by atoms with Crippen LogP contribution in [0.2, 0.25) is 0 Å². The average molecular weight is 324 g/mol. The third-order valence-corrected chi connectivity index (χ3v) is 4.24. The quantitative estimate of drug-likeness (QED) is 0.741. The molecule has 1 aromatic heterocycles. The van der Waals surface area contributed by atoms with Crippen molar-refractivity contribution in [2.75, 3.05) is 5.32 Å². The number of aldehydes is 1. The normalized spacial score (nSPS) is 10.8. The Balaban J connectivity index is 1.93. The van der Waals surface area contributed by atoms with Gasteiger partial charge in [0.1, 0.15) is 12.4 Å². The van der Waals surface area contributed by atoms with Crippen molar-refractivity contribution in [3.63, 3.8) is 0 Å². The van der Waals surface area contributed by atoms with E-state index in [-0.39, 0.29) is 18.3 Å². The molecule has 0 spiro atoms. The zero-order valence-corrected chi connectivity index (χ0v) is 13.5. The predicted octanol–water partition coefficient (Wildman–Crippen LogP) is 3.85. The summed E-state index contributed by atoms with van der Waals surface area (Å²) in [4.78, 5) is 23.8. The number of rotatable bonds is 4. The topological polar surface area (TPSA) is 51.1 Å². The van der Waals surface area contributed by atoms with Gasteiger partial charge in [0, 0.05) is 33.4 Å². The summed E-state index contributed by atoms with van der Waals surface area (Å²) in [6, 6.07) is 12.0. The largest absolute Gasteiger partial charge is 0.335 e. The second-order valence-electron chi connectivity index (χ2n) is 5.68. The Hall–Kier alpha value is -2.95. The summed E-state index contributed by atoms with van der Waals surface area (Å²) in [6.45, 7) is 3.48. The molecule has 122 valence electrons. The highest BCUT2D eigenvalue weighted by Crippen LogP contribution is 2.24. The van der Waals surface area contributed by atoms with Crippen molar-refractivity contribution < 1.29 is 14.0 Å². The summed E-state index contributed by atoms with van der Waals surface area (Å²) in [5, 5.41) is 3.55. The Morgan fingerprint density at radius 1 is 1.17 bits per heavy atom. The van der Waals surface area contributed by atoms with Crippen molar-refractivity contribution >= 4 is 28.8 Å². The van der Waals surface area contributed by atoms with Crippen molar-refractivity contribution in [3.05, 3.63) is 65.1 Å². The number of para-hydroxylation sites is 1. The number of aromatic nitrogens is 1. The maximum Gasteiger partial charge on any atom is 0.244 e. The van der Waals surface area contributed by atoms with E-state index in [4.69, 9.17) is 0 Å². The third-order valence-electron chi connectivity index (χ3n) is 4.24. The minimum Gasteiger partial charge on any atom is -0.335 e. The number of hydrogen-bond donors (Lipinski definition) is 1. The first-order valence-corrected chi connectivity index (χ1v) is 7.61. The Morgan fingerprint density at radius 2 is 1.92 bits per heavy atom. The fraction of sp³-hybridized carbons (Fsp3) is 0.158. The molecule has 0 aliphatic heterocycles. The van der Waals surface area contributed by atoms with Crippen molar-refractivity contribution in [1.29, 1.82) is 0 Å². The highest BCUT2D eigenvalue weighted by Gasteiger charge is 2.16. The van der Waals surface area contributed by atoms with E-state index < -0.39 is 0 Å².